The highest BCUT2D eigenvalue weighted by Gasteiger charge is 2.51. The molecule has 1 fully saturated rings. The van der Waals surface area contributed by atoms with Crippen molar-refractivity contribution in [2.45, 2.75) is 51.7 Å². The maximum absolute atomic E-state index is 6.04. The number of rotatable bonds is 1. The van der Waals surface area contributed by atoms with Crippen LogP contribution in [0.4, 0.5) is 0 Å². The molecular formula is C14H20BNO3. The van der Waals surface area contributed by atoms with E-state index in [4.69, 9.17) is 14.0 Å². The Morgan fingerprint density at radius 1 is 1.16 bits per heavy atom. The van der Waals surface area contributed by atoms with Gasteiger partial charge < -0.3 is 14.0 Å². The SMILES string of the molecule is CC1(C)OB(c2cnc3c(c2)CCCO3)OC1(C)C. The predicted molar refractivity (Wildman–Crippen MR) is 73.8 cm³/mol. The largest absolute Gasteiger partial charge is 0.496 e. The van der Waals surface area contributed by atoms with Gasteiger partial charge in [-0.3, -0.25) is 0 Å². The zero-order valence-corrected chi connectivity index (χ0v) is 12.0. The summed E-state index contributed by atoms with van der Waals surface area (Å²) in [6.07, 6.45) is 3.85. The molecule has 0 amide bonds. The van der Waals surface area contributed by atoms with Crippen LogP contribution in [-0.4, -0.2) is 29.9 Å². The number of aryl methyl sites for hydroxylation is 1. The highest BCUT2D eigenvalue weighted by molar-refractivity contribution is 6.62. The average Bonchev–Trinajstić information content (AvgIpc) is 2.58. The van der Waals surface area contributed by atoms with Crippen LogP contribution in [0.15, 0.2) is 12.3 Å². The van der Waals surface area contributed by atoms with Crippen molar-refractivity contribution >= 4 is 12.6 Å². The van der Waals surface area contributed by atoms with Crippen molar-refractivity contribution < 1.29 is 14.0 Å². The molecule has 1 aromatic rings. The van der Waals surface area contributed by atoms with Crippen LogP contribution in [0.2, 0.25) is 0 Å². The van der Waals surface area contributed by atoms with Crippen molar-refractivity contribution in [2.24, 2.45) is 0 Å². The Balaban J connectivity index is 1.88. The summed E-state index contributed by atoms with van der Waals surface area (Å²) in [5, 5.41) is 0. The van der Waals surface area contributed by atoms with Crippen LogP contribution in [0.3, 0.4) is 0 Å². The Labute approximate surface area is 114 Å². The van der Waals surface area contributed by atoms with Gasteiger partial charge in [-0.25, -0.2) is 4.98 Å². The molecule has 0 radical (unpaired) electrons. The molecule has 5 heteroatoms. The third-order valence-corrected chi connectivity index (χ3v) is 4.30. The maximum atomic E-state index is 6.04. The van der Waals surface area contributed by atoms with E-state index in [9.17, 15) is 0 Å². The van der Waals surface area contributed by atoms with Crippen LogP contribution >= 0.6 is 0 Å². The Kier molecular flexibility index (Phi) is 2.87. The van der Waals surface area contributed by atoms with E-state index in [1.807, 2.05) is 0 Å². The highest BCUT2D eigenvalue weighted by atomic mass is 16.7. The fourth-order valence-corrected chi connectivity index (χ4v) is 2.36. The van der Waals surface area contributed by atoms with Crippen molar-refractivity contribution in [3.05, 3.63) is 17.8 Å². The van der Waals surface area contributed by atoms with Gasteiger partial charge in [0.2, 0.25) is 5.88 Å². The molecule has 3 rings (SSSR count). The lowest BCUT2D eigenvalue weighted by atomic mass is 9.79. The second-order valence-corrected chi connectivity index (χ2v) is 6.27. The van der Waals surface area contributed by atoms with E-state index in [2.05, 4.69) is 38.7 Å². The van der Waals surface area contributed by atoms with Crippen LogP contribution in [0.5, 0.6) is 5.88 Å². The Morgan fingerprint density at radius 2 is 1.84 bits per heavy atom. The van der Waals surface area contributed by atoms with Crippen LogP contribution in [0.25, 0.3) is 0 Å². The van der Waals surface area contributed by atoms with Crippen LogP contribution in [-0.2, 0) is 15.7 Å². The molecule has 0 atom stereocenters. The monoisotopic (exact) mass is 261 g/mol. The Morgan fingerprint density at radius 3 is 2.53 bits per heavy atom. The summed E-state index contributed by atoms with van der Waals surface area (Å²) in [4.78, 5) is 4.38. The van der Waals surface area contributed by atoms with E-state index >= 15 is 0 Å². The standard InChI is InChI=1S/C14H20BNO3/c1-13(2)14(3,4)19-15(18-13)11-8-10-6-5-7-17-12(10)16-9-11/h8-9H,5-7H2,1-4H3. The van der Waals surface area contributed by atoms with Crippen molar-refractivity contribution in [1.29, 1.82) is 0 Å². The van der Waals surface area contributed by atoms with Gasteiger partial charge in [-0.2, -0.15) is 0 Å². The van der Waals surface area contributed by atoms with E-state index in [0.717, 1.165) is 36.4 Å². The Hall–Kier alpha value is -1.07. The predicted octanol–water partition coefficient (Wildman–Crippen LogP) is 1.71. The summed E-state index contributed by atoms with van der Waals surface area (Å²) in [5.41, 5.74) is 1.50. The van der Waals surface area contributed by atoms with Gasteiger partial charge in [0.05, 0.1) is 17.8 Å². The molecule has 0 saturated carbocycles. The fraction of sp³-hybridized carbons (Fsp3) is 0.643. The third kappa shape index (κ3) is 2.15. The maximum Gasteiger partial charge on any atom is 0.496 e. The van der Waals surface area contributed by atoms with Gasteiger partial charge in [0.15, 0.2) is 0 Å². The molecule has 0 N–H and O–H groups in total. The normalized spacial score (nSPS) is 23.9. The molecule has 4 nitrogen and oxygen atoms in total. The molecule has 1 saturated heterocycles. The summed E-state index contributed by atoms with van der Waals surface area (Å²) in [7, 11) is -0.343. The molecule has 3 heterocycles. The smallest absolute Gasteiger partial charge is 0.477 e. The first-order valence-corrected chi connectivity index (χ1v) is 6.86. The third-order valence-electron chi connectivity index (χ3n) is 4.30. The van der Waals surface area contributed by atoms with Crippen LogP contribution in [0, 0.1) is 0 Å². The van der Waals surface area contributed by atoms with Gasteiger partial charge in [0.1, 0.15) is 0 Å². The lowest BCUT2D eigenvalue weighted by Crippen LogP contribution is -2.41. The molecule has 102 valence electrons. The van der Waals surface area contributed by atoms with Crippen LogP contribution < -0.4 is 10.2 Å². The first-order valence-electron chi connectivity index (χ1n) is 6.86. The minimum Gasteiger partial charge on any atom is -0.477 e. The molecule has 0 aromatic carbocycles. The zero-order valence-electron chi connectivity index (χ0n) is 12.0. The summed E-state index contributed by atoms with van der Waals surface area (Å²) in [6.45, 7) is 8.99. The van der Waals surface area contributed by atoms with Gasteiger partial charge in [-0.05, 0) is 40.5 Å². The minimum absolute atomic E-state index is 0.315. The van der Waals surface area contributed by atoms with Crippen molar-refractivity contribution in [3.63, 3.8) is 0 Å². The number of aromatic nitrogens is 1. The molecule has 0 aliphatic carbocycles. The van der Waals surface area contributed by atoms with E-state index in [1.165, 1.54) is 0 Å². The molecule has 1 aromatic heterocycles. The summed E-state index contributed by atoms with van der Waals surface area (Å²) < 4.78 is 17.6. The number of pyridine rings is 1. The summed E-state index contributed by atoms with van der Waals surface area (Å²) in [5.74, 6) is 0.756. The fourth-order valence-electron chi connectivity index (χ4n) is 2.36. The van der Waals surface area contributed by atoms with E-state index in [0.29, 0.717) is 0 Å². The van der Waals surface area contributed by atoms with Gasteiger partial charge in [0.25, 0.3) is 0 Å². The number of nitrogens with zero attached hydrogens (tertiary/aromatic N) is 1. The first kappa shape index (κ1) is 12.9. The van der Waals surface area contributed by atoms with Gasteiger partial charge in [-0.1, -0.05) is 6.07 Å². The zero-order chi connectivity index (χ0) is 13.7. The molecule has 0 bridgehead atoms. The average molecular weight is 261 g/mol. The van der Waals surface area contributed by atoms with E-state index < -0.39 is 0 Å². The van der Waals surface area contributed by atoms with Gasteiger partial charge in [0, 0.05) is 17.2 Å². The first-order chi connectivity index (χ1) is 8.89. The molecule has 19 heavy (non-hydrogen) atoms. The quantitative estimate of drug-likeness (QED) is 0.721. The number of ether oxygens (including phenoxy) is 1. The van der Waals surface area contributed by atoms with Crippen molar-refractivity contribution in [1.82, 2.24) is 4.98 Å². The number of hydrogen-bond donors (Lipinski definition) is 0. The number of hydrogen-bond acceptors (Lipinski definition) is 4. The lowest BCUT2D eigenvalue weighted by molar-refractivity contribution is 0.00578. The minimum atomic E-state index is -0.343. The van der Waals surface area contributed by atoms with Crippen molar-refractivity contribution in [2.75, 3.05) is 6.61 Å². The summed E-state index contributed by atoms with van der Waals surface area (Å²) in [6, 6.07) is 2.10. The molecule has 0 spiro atoms. The summed E-state index contributed by atoms with van der Waals surface area (Å²) >= 11 is 0. The van der Waals surface area contributed by atoms with Crippen molar-refractivity contribution in [3.8, 4) is 5.88 Å². The van der Waals surface area contributed by atoms with E-state index in [-0.39, 0.29) is 18.3 Å². The topological polar surface area (TPSA) is 40.6 Å². The molecule has 2 aliphatic rings. The molecular weight excluding hydrogens is 241 g/mol. The molecule has 0 unspecified atom stereocenters. The number of fused-ring (bicyclic) bond motifs is 1. The van der Waals surface area contributed by atoms with Gasteiger partial charge >= 0.3 is 7.12 Å². The van der Waals surface area contributed by atoms with Gasteiger partial charge in [-0.15, -0.1) is 0 Å². The van der Waals surface area contributed by atoms with Crippen LogP contribution in [0.1, 0.15) is 39.7 Å². The lowest BCUT2D eigenvalue weighted by Gasteiger charge is -2.32. The second kappa shape index (κ2) is 4.22. The highest BCUT2D eigenvalue weighted by Crippen LogP contribution is 2.36. The second-order valence-electron chi connectivity index (χ2n) is 6.27. The Bertz CT molecular complexity index is 485. The van der Waals surface area contributed by atoms with E-state index in [1.54, 1.807) is 6.20 Å². The molecule has 2 aliphatic heterocycles.